The molecule has 2 aromatic rings. The summed E-state index contributed by atoms with van der Waals surface area (Å²) in [4.78, 5) is -0.0266. The molecule has 0 bridgehead atoms. The van der Waals surface area contributed by atoms with Gasteiger partial charge in [0.25, 0.3) is 10.0 Å². The molecular weight excluding hydrogens is 361 g/mol. The summed E-state index contributed by atoms with van der Waals surface area (Å²) in [5, 5.41) is 0. The first kappa shape index (κ1) is 15.8. The van der Waals surface area contributed by atoms with E-state index in [4.69, 9.17) is 4.74 Å². The van der Waals surface area contributed by atoms with E-state index in [9.17, 15) is 12.8 Å². The van der Waals surface area contributed by atoms with E-state index in [1.165, 1.54) is 25.3 Å². The summed E-state index contributed by atoms with van der Waals surface area (Å²) in [5.41, 5.74) is 0.781. The average Bonchev–Trinajstić information content (AvgIpc) is 2.36. The molecule has 0 heterocycles. The fraction of sp³-hybridized carbons (Fsp3) is 0.143. The zero-order valence-corrected chi connectivity index (χ0v) is 13.8. The van der Waals surface area contributed by atoms with Crippen LogP contribution in [0.15, 0.2) is 45.8 Å². The number of benzene rings is 2. The van der Waals surface area contributed by atoms with E-state index in [-0.39, 0.29) is 16.3 Å². The topological polar surface area (TPSA) is 55.4 Å². The van der Waals surface area contributed by atoms with Crippen LogP contribution in [0.1, 0.15) is 5.56 Å². The van der Waals surface area contributed by atoms with Crippen molar-refractivity contribution < 1.29 is 17.5 Å². The van der Waals surface area contributed by atoms with Gasteiger partial charge >= 0.3 is 0 Å². The molecule has 0 saturated heterocycles. The maximum atomic E-state index is 13.3. The van der Waals surface area contributed by atoms with Crippen molar-refractivity contribution in [2.24, 2.45) is 0 Å². The van der Waals surface area contributed by atoms with E-state index < -0.39 is 15.8 Å². The first-order chi connectivity index (χ1) is 9.81. The van der Waals surface area contributed by atoms with Crippen LogP contribution in [-0.2, 0) is 10.0 Å². The summed E-state index contributed by atoms with van der Waals surface area (Å²) >= 11 is 3.22. The third-order valence-electron chi connectivity index (χ3n) is 2.71. The number of aryl methyl sites for hydroxylation is 1. The SMILES string of the molecule is COc1ccc(Br)cc1S(=O)(=O)Nc1cc(C)cc(F)c1. The third kappa shape index (κ3) is 3.74. The molecular formula is C14H13BrFNO3S. The maximum absolute atomic E-state index is 13.3. The van der Waals surface area contributed by atoms with Gasteiger partial charge in [0.05, 0.1) is 12.8 Å². The van der Waals surface area contributed by atoms with E-state index >= 15 is 0 Å². The highest BCUT2D eigenvalue weighted by Gasteiger charge is 2.20. The lowest BCUT2D eigenvalue weighted by Crippen LogP contribution is -2.14. The van der Waals surface area contributed by atoms with Crippen LogP contribution in [0.4, 0.5) is 10.1 Å². The van der Waals surface area contributed by atoms with Crippen molar-refractivity contribution in [1.29, 1.82) is 0 Å². The van der Waals surface area contributed by atoms with Crippen molar-refractivity contribution in [2.45, 2.75) is 11.8 Å². The van der Waals surface area contributed by atoms with E-state index in [0.29, 0.717) is 10.0 Å². The highest BCUT2D eigenvalue weighted by Crippen LogP contribution is 2.29. The number of hydrogen-bond acceptors (Lipinski definition) is 3. The van der Waals surface area contributed by atoms with Gasteiger partial charge in [0, 0.05) is 4.47 Å². The van der Waals surface area contributed by atoms with Gasteiger partial charge in [-0.3, -0.25) is 4.72 Å². The van der Waals surface area contributed by atoms with Gasteiger partial charge in [-0.05, 0) is 48.9 Å². The zero-order chi connectivity index (χ0) is 15.6. The zero-order valence-electron chi connectivity index (χ0n) is 11.4. The minimum atomic E-state index is -3.88. The molecule has 0 atom stereocenters. The quantitative estimate of drug-likeness (QED) is 0.888. The molecule has 0 unspecified atom stereocenters. The van der Waals surface area contributed by atoms with Crippen LogP contribution in [0.2, 0.25) is 0 Å². The van der Waals surface area contributed by atoms with Gasteiger partial charge in [-0.1, -0.05) is 15.9 Å². The van der Waals surface area contributed by atoms with E-state index in [1.807, 2.05) is 0 Å². The number of hydrogen-bond donors (Lipinski definition) is 1. The predicted octanol–water partition coefficient (Wildman–Crippen LogP) is 3.71. The third-order valence-corrected chi connectivity index (χ3v) is 4.61. The van der Waals surface area contributed by atoms with Crippen LogP contribution in [0.3, 0.4) is 0 Å². The lowest BCUT2D eigenvalue weighted by Gasteiger charge is -2.12. The number of methoxy groups -OCH3 is 1. The van der Waals surface area contributed by atoms with Gasteiger partial charge in [0.1, 0.15) is 16.5 Å². The lowest BCUT2D eigenvalue weighted by molar-refractivity contribution is 0.403. The smallest absolute Gasteiger partial charge is 0.265 e. The standard InChI is InChI=1S/C14H13BrFNO3S/c1-9-5-11(16)8-12(6-9)17-21(18,19)14-7-10(15)3-4-13(14)20-2/h3-8,17H,1-2H3. The van der Waals surface area contributed by atoms with Crippen molar-refractivity contribution in [3.63, 3.8) is 0 Å². The summed E-state index contributed by atoms with van der Waals surface area (Å²) in [6.07, 6.45) is 0. The van der Waals surface area contributed by atoms with Crippen molar-refractivity contribution in [1.82, 2.24) is 0 Å². The number of rotatable bonds is 4. The van der Waals surface area contributed by atoms with Crippen molar-refractivity contribution >= 4 is 31.6 Å². The van der Waals surface area contributed by atoms with Gasteiger partial charge in [0.2, 0.25) is 0 Å². The van der Waals surface area contributed by atoms with Gasteiger partial charge in [-0.2, -0.15) is 0 Å². The highest BCUT2D eigenvalue weighted by atomic mass is 79.9. The Labute approximate surface area is 131 Å². The molecule has 7 heteroatoms. The molecule has 4 nitrogen and oxygen atoms in total. The van der Waals surface area contributed by atoms with Crippen molar-refractivity contribution in [3.8, 4) is 5.75 Å². The molecule has 2 aromatic carbocycles. The Morgan fingerprint density at radius 2 is 1.90 bits per heavy atom. The molecule has 0 saturated carbocycles. The highest BCUT2D eigenvalue weighted by molar-refractivity contribution is 9.10. The Bertz CT molecular complexity index is 758. The second-order valence-electron chi connectivity index (χ2n) is 4.42. The maximum Gasteiger partial charge on any atom is 0.265 e. The van der Waals surface area contributed by atoms with Crippen LogP contribution in [0.5, 0.6) is 5.75 Å². The molecule has 0 fully saturated rings. The second kappa shape index (κ2) is 6.03. The number of nitrogens with one attached hydrogen (secondary N) is 1. The molecule has 0 aromatic heterocycles. The molecule has 0 aliphatic rings. The van der Waals surface area contributed by atoms with Gasteiger partial charge < -0.3 is 4.74 Å². The Hall–Kier alpha value is -1.60. The molecule has 0 aliphatic carbocycles. The number of sulfonamides is 1. The van der Waals surface area contributed by atoms with Crippen LogP contribution in [0.25, 0.3) is 0 Å². The Morgan fingerprint density at radius 3 is 2.52 bits per heavy atom. The van der Waals surface area contributed by atoms with Gasteiger partial charge in [0.15, 0.2) is 0 Å². The molecule has 0 radical (unpaired) electrons. The molecule has 112 valence electrons. The molecule has 0 spiro atoms. The second-order valence-corrected chi connectivity index (χ2v) is 6.98. The summed E-state index contributed by atoms with van der Waals surface area (Å²) < 4.78 is 46.2. The first-order valence-corrected chi connectivity index (χ1v) is 8.23. The first-order valence-electron chi connectivity index (χ1n) is 5.95. The summed E-state index contributed by atoms with van der Waals surface area (Å²) in [5.74, 6) is -0.298. The predicted molar refractivity (Wildman–Crippen MR) is 82.6 cm³/mol. The largest absolute Gasteiger partial charge is 0.495 e. The average molecular weight is 374 g/mol. The number of ether oxygens (including phenoxy) is 1. The van der Waals surface area contributed by atoms with Gasteiger partial charge in [-0.15, -0.1) is 0 Å². The Kier molecular flexibility index (Phi) is 4.53. The summed E-state index contributed by atoms with van der Waals surface area (Å²) in [7, 11) is -2.50. The monoisotopic (exact) mass is 373 g/mol. The van der Waals surface area contributed by atoms with Crippen molar-refractivity contribution in [3.05, 3.63) is 52.3 Å². The normalized spacial score (nSPS) is 11.2. The fourth-order valence-corrected chi connectivity index (χ4v) is 3.62. The van der Waals surface area contributed by atoms with Crippen LogP contribution >= 0.6 is 15.9 Å². The number of halogens is 2. The fourth-order valence-electron chi connectivity index (χ4n) is 1.87. The van der Waals surface area contributed by atoms with E-state index in [1.54, 1.807) is 19.1 Å². The molecule has 21 heavy (non-hydrogen) atoms. The summed E-state index contributed by atoms with van der Waals surface area (Å²) in [6.45, 7) is 1.68. The Balaban J connectivity index is 2.45. The van der Waals surface area contributed by atoms with Crippen LogP contribution in [-0.4, -0.2) is 15.5 Å². The van der Waals surface area contributed by atoms with Crippen LogP contribution in [0, 0.1) is 12.7 Å². The van der Waals surface area contributed by atoms with Crippen molar-refractivity contribution in [2.75, 3.05) is 11.8 Å². The van der Waals surface area contributed by atoms with Crippen LogP contribution < -0.4 is 9.46 Å². The molecule has 1 N–H and O–H groups in total. The summed E-state index contributed by atoms with van der Waals surface area (Å²) in [6, 6.07) is 8.62. The minimum Gasteiger partial charge on any atom is -0.495 e. The van der Waals surface area contributed by atoms with E-state index in [0.717, 1.165) is 6.07 Å². The molecule has 2 rings (SSSR count). The molecule has 0 amide bonds. The minimum absolute atomic E-state index is 0.0266. The number of anilines is 1. The Morgan fingerprint density at radius 1 is 1.19 bits per heavy atom. The molecule has 0 aliphatic heterocycles. The van der Waals surface area contributed by atoms with E-state index in [2.05, 4.69) is 20.7 Å². The lowest BCUT2D eigenvalue weighted by atomic mass is 10.2. The van der Waals surface area contributed by atoms with Gasteiger partial charge in [-0.25, -0.2) is 12.8 Å².